The first-order valence-electron chi connectivity index (χ1n) is 15.3. The first-order valence-corrected chi connectivity index (χ1v) is 17.3. The highest BCUT2D eigenvalue weighted by Gasteiger charge is 2.30. The molecule has 1 aromatic rings. The van der Waals surface area contributed by atoms with Gasteiger partial charge in [-0.2, -0.15) is 0 Å². The number of hydrogen-bond donors (Lipinski definition) is 3. The van der Waals surface area contributed by atoms with Gasteiger partial charge in [0, 0.05) is 17.1 Å². The minimum Gasteiger partial charge on any atom is -0.456 e. The topological polar surface area (TPSA) is 144 Å². The summed E-state index contributed by atoms with van der Waals surface area (Å²) in [4.78, 5) is 69.8. The lowest BCUT2D eigenvalue weighted by Gasteiger charge is -2.24. The molecule has 2 bridgehead atoms. The van der Waals surface area contributed by atoms with E-state index in [1.165, 1.54) is 29.6 Å². The number of aromatic nitrogens is 1. The fraction of sp³-hybridized carbons (Fsp3) is 0.562. The maximum absolute atomic E-state index is 13.3. The van der Waals surface area contributed by atoms with E-state index in [-0.39, 0.29) is 41.3 Å². The molecular weight excluding hydrogens is 601 g/mol. The van der Waals surface area contributed by atoms with Gasteiger partial charge in [-0.25, -0.2) is 9.78 Å². The third-order valence-electron chi connectivity index (χ3n) is 6.69. The number of nitrogens with one attached hydrogen (secondary N) is 3. The van der Waals surface area contributed by atoms with Crippen LogP contribution in [0.2, 0.25) is 0 Å². The highest BCUT2D eigenvalue weighted by molar-refractivity contribution is 8.13. The summed E-state index contributed by atoms with van der Waals surface area (Å²) >= 11 is 2.81. The summed E-state index contributed by atoms with van der Waals surface area (Å²) in [7, 11) is 0. The summed E-state index contributed by atoms with van der Waals surface area (Å²) in [5.41, 5.74) is 0.571. The molecular formula is C32H46N4O6S2. The van der Waals surface area contributed by atoms with Crippen LogP contribution in [-0.4, -0.2) is 57.4 Å². The van der Waals surface area contributed by atoms with Crippen molar-refractivity contribution in [2.75, 3.05) is 11.5 Å². The van der Waals surface area contributed by atoms with E-state index in [1.54, 1.807) is 45.1 Å². The number of hydrogen-bond acceptors (Lipinski definition) is 9. The number of pyridine rings is 1. The zero-order chi connectivity index (χ0) is 32.5. The average molecular weight is 647 g/mol. The number of fused-ring (bicyclic) bond motifs is 2. The number of ether oxygens (including phenoxy) is 1. The first kappa shape index (κ1) is 37.1. The summed E-state index contributed by atoms with van der Waals surface area (Å²) in [5, 5.41) is 8.24. The van der Waals surface area contributed by atoms with Crippen LogP contribution in [0.5, 0.6) is 0 Å². The van der Waals surface area contributed by atoms with Crippen molar-refractivity contribution in [1.29, 1.82) is 0 Å². The molecule has 0 saturated carbocycles. The van der Waals surface area contributed by atoms with Crippen LogP contribution in [0.25, 0.3) is 0 Å². The van der Waals surface area contributed by atoms with Gasteiger partial charge in [-0.05, 0) is 49.6 Å². The lowest BCUT2D eigenvalue weighted by atomic mass is 10.0. The molecule has 10 nitrogen and oxygen atoms in total. The summed E-state index contributed by atoms with van der Waals surface area (Å²) in [6, 6.07) is 2.31. The van der Waals surface area contributed by atoms with Crippen molar-refractivity contribution in [2.24, 2.45) is 5.92 Å². The SMILES string of the molecule is C/C=C1\NC(=O)c2ccc(SCC)c(n2)CNC(=O)C[C@@H](/C=C/CCSC(=O)CCCCCC)OC(=O)[C@H](C(C)C)NC1=O. The second-order valence-corrected chi connectivity index (χ2v) is 13.1. The van der Waals surface area contributed by atoms with Crippen LogP contribution in [-0.2, 0) is 30.5 Å². The quantitative estimate of drug-likeness (QED) is 0.0932. The Balaban J connectivity index is 2.26. The number of carbonyl (C=O) groups excluding carboxylic acids is 5. The third kappa shape index (κ3) is 12.9. The van der Waals surface area contributed by atoms with E-state index in [4.69, 9.17) is 4.74 Å². The third-order valence-corrected chi connectivity index (χ3v) is 8.63. The Labute approximate surface area is 269 Å². The van der Waals surface area contributed by atoms with Crippen LogP contribution >= 0.6 is 23.5 Å². The van der Waals surface area contributed by atoms with Gasteiger partial charge in [-0.1, -0.05) is 70.9 Å². The average Bonchev–Trinajstić information content (AvgIpc) is 2.99. The van der Waals surface area contributed by atoms with Crippen LogP contribution in [0.15, 0.2) is 41.0 Å². The Morgan fingerprint density at radius 1 is 1.11 bits per heavy atom. The zero-order valence-electron chi connectivity index (χ0n) is 26.4. The van der Waals surface area contributed by atoms with Gasteiger partial charge in [-0.3, -0.25) is 19.2 Å². The highest BCUT2D eigenvalue weighted by atomic mass is 32.2. The number of cyclic esters (lactones) is 1. The van der Waals surface area contributed by atoms with Crippen molar-refractivity contribution < 1.29 is 28.7 Å². The molecule has 0 fully saturated rings. The van der Waals surface area contributed by atoms with Gasteiger partial charge in [0.2, 0.25) is 5.91 Å². The molecule has 0 aromatic carbocycles. The molecule has 0 saturated heterocycles. The molecule has 0 spiro atoms. The van der Waals surface area contributed by atoms with Crippen molar-refractivity contribution in [3.63, 3.8) is 0 Å². The molecule has 2 rings (SSSR count). The van der Waals surface area contributed by atoms with Crippen LogP contribution in [0.4, 0.5) is 0 Å². The molecule has 1 aliphatic rings. The van der Waals surface area contributed by atoms with Crippen LogP contribution in [0, 0.1) is 5.92 Å². The summed E-state index contributed by atoms with van der Waals surface area (Å²) in [5.74, 6) is -1.31. The highest BCUT2D eigenvalue weighted by Crippen LogP contribution is 2.22. The molecule has 3 N–H and O–H groups in total. The second kappa shape index (κ2) is 20.0. The van der Waals surface area contributed by atoms with Crippen molar-refractivity contribution in [3.05, 3.63) is 47.4 Å². The number of carbonyl (C=O) groups is 5. The molecule has 12 heteroatoms. The van der Waals surface area contributed by atoms with Crippen molar-refractivity contribution in [3.8, 4) is 0 Å². The molecule has 3 amide bonds. The molecule has 1 aromatic heterocycles. The number of thioether (sulfide) groups is 2. The van der Waals surface area contributed by atoms with Gasteiger partial charge in [0.1, 0.15) is 23.5 Å². The maximum atomic E-state index is 13.3. The van der Waals surface area contributed by atoms with Gasteiger partial charge in [-0.15, -0.1) is 11.8 Å². The van der Waals surface area contributed by atoms with Crippen molar-refractivity contribution in [1.82, 2.24) is 20.9 Å². The minimum atomic E-state index is -1.03. The smallest absolute Gasteiger partial charge is 0.329 e. The predicted octanol–water partition coefficient (Wildman–Crippen LogP) is 5.08. The summed E-state index contributed by atoms with van der Waals surface area (Å²) in [6.45, 7) is 9.30. The Hall–Kier alpha value is -3.12. The number of nitrogens with zero attached hydrogens (tertiary/aromatic N) is 1. The Morgan fingerprint density at radius 3 is 2.57 bits per heavy atom. The van der Waals surface area contributed by atoms with Crippen molar-refractivity contribution >= 4 is 52.3 Å². The minimum absolute atomic E-state index is 0.0296. The maximum Gasteiger partial charge on any atom is 0.329 e. The van der Waals surface area contributed by atoms with E-state index in [0.29, 0.717) is 24.3 Å². The van der Waals surface area contributed by atoms with Crippen LogP contribution in [0.3, 0.4) is 0 Å². The van der Waals surface area contributed by atoms with Gasteiger partial charge in [0.05, 0.1) is 18.7 Å². The first-order chi connectivity index (χ1) is 21.1. The van der Waals surface area contributed by atoms with E-state index >= 15 is 0 Å². The number of unbranched alkanes of at least 4 members (excludes halogenated alkanes) is 3. The van der Waals surface area contributed by atoms with E-state index in [0.717, 1.165) is 36.3 Å². The Bertz CT molecular complexity index is 1220. The van der Waals surface area contributed by atoms with Gasteiger partial charge in [0.25, 0.3) is 11.8 Å². The fourth-order valence-electron chi connectivity index (χ4n) is 4.26. The van der Waals surface area contributed by atoms with E-state index in [2.05, 4.69) is 27.9 Å². The predicted molar refractivity (Wildman–Crippen MR) is 175 cm³/mol. The van der Waals surface area contributed by atoms with E-state index in [1.807, 2.05) is 6.92 Å². The summed E-state index contributed by atoms with van der Waals surface area (Å²) < 4.78 is 5.74. The molecule has 0 unspecified atom stereocenters. The molecule has 2 heterocycles. The summed E-state index contributed by atoms with van der Waals surface area (Å²) in [6.07, 6.45) is 9.19. The Morgan fingerprint density at radius 2 is 1.89 bits per heavy atom. The lowest BCUT2D eigenvalue weighted by Crippen LogP contribution is -2.48. The molecule has 0 radical (unpaired) electrons. The molecule has 242 valence electrons. The monoisotopic (exact) mass is 646 g/mol. The molecule has 0 aliphatic carbocycles. The number of allylic oxidation sites excluding steroid dienone is 2. The largest absolute Gasteiger partial charge is 0.456 e. The number of esters is 1. The van der Waals surface area contributed by atoms with Gasteiger partial charge in [0.15, 0.2) is 5.12 Å². The second-order valence-electron chi connectivity index (χ2n) is 10.6. The van der Waals surface area contributed by atoms with Gasteiger partial charge >= 0.3 is 5.97 Å². The molecule has 44 heavy (non-hydrogen) atoms. The zero-order valence-corrected chi connectivity index (χ0v) is 28.0. The van der Waals surface area contributed by atoms with Gasteiger partial charge < -0.3 is 20.7 Å². The number of amides is 3. The van der Waals surface area contributed by atoms with E-state index < -0.39 is 29.9 Å². The lowest BCUT2D eigenvalue weighted by molar-refractivity contribution is -0.153. The normalized spacial score (nSPS) is 19.5. The molecule has 1 aliphatic heterocycles. The van der Waals surface area contributed by atoms with Crippen molar-refractivity contribution in [2.45, 2.75) is 103 Å². The standard InChI is InChI=1S/C32H46N4O6S2/c1-6-9-10-11-15-28(38)44-18-13-12-14-22-19-27(37)33-20-25-26(43-8-3)17-16-24(34-25)31(40)35-23(7-2)30(39)36-29(21(4)5)32(41)42-22/h7,12,14,16-17,21-22,29H,6,8-11,13,15,18-20H2,1-5H3,(H,33,37)(H,35,40)(H,36,39)/b14-12+,23-7-/t22-,29+/m1/s1. The van der Waals surface area contributed by atoms with Crippen LogP contribution in [0.1, 0.15) is 95.7 Å². The van der Waals surface area contributed by atoms with E-state index in [9.17, 15) is 24.0 Å². The van der Waals surface area contributed by atoms with Crippen LogP contribution < -0.4 is 16.0 Å². The fourth-order valence-corrected chi connectivity index (χ4v) is 5.79. The Kier molecular flexibility index (Phi) is 16.9. The molecule has 2 atom stereocenters. The number of rotatable bonds is 12.